The van der Waals surface area contributed by atoms with Gasteiger partial charge in [-0.05, 0) is 0 Å². The molecule has 0 spiro atoms. The van der Waals surface area contributed by atoms with Gasteiger partial charge in [-0.25, -0.2) is 4.79 Å². The Morgan fingerprint density at radius 3 is 2.74 bits per heavy atom. The fourth-order valence-corrected chi connectivity index (χ4v) is 4.44. The average Bonchev–Trinajstić information content (AvgIpc) is 2.94. The van der Waals surface area contributed by atoms with E-state index in [9.17, 15) is 24.3 Å². The molecule has 3 heterocycles. The topological polar surface area (TPSA) is 131 Å². The Bertz CT molecular complexity index is 862. The number of rotatable bonds is 5. The minimum absolute atomic E-state index is 0.105. The van der Waals surface area contributed by atoms with E-state index < -0.39 is 35.2 Å². The molecule has 12 heteroatoms. The van der Waals surface area contributed by atoms with Gasteiger partial charge in [0.1, 0.15) is 29.4 Å². The average molecular weight is 415 g/mol. The molecule has 1 aromatic rings. The third-order valence-corrected chi connectivity index (χ3v) is 5.71. The molecule has 0 radical (unpaired) electrons. The third kappa shape index (κ3) is 3.39. The Kier molecular flexibility index (Phi) is 5.16. The maximum Gasteiger partial charge on any atom is 0.352 e. The number of carboxylic acid groups (broad SMARTS) is 1. The van der Waals surface area contributed by atoms with Crippen LogP contribution >= 0.6 is 23.4 Å². The van der Waals surface area contributed by atoms with Crippen molar-refractivity contribution in [2.75, 3.05) is 12.4 Å². The van der Waals surface area contributed by atoms with Crippen molar-refractivity contribution in [2.45, 2.75) is 18.3 Å². The molecule has 2 atom stereocenters. The number of hydrogen-bond acceptors (Lipinski definition) is 7. The monoisotopic (exact) mass is 414 g/mol. The lowest BCUT2D eigenvalue weighted by Crippen LogP contribution is -2.70. The van der Waals surface area contributed by atoms with Gasteiger partial charge >= 0.3 is 11.9 Å². The fourth-order valence-electron chi connectivity index (χ4n) is 2.86. The maximum atomic E-state index is 12.5. The first-order chi connectivity index (χ1) is 12.7. The number of nitrogens with zero attached hydrogens (tertiary/aromatic N) is 3. The van der Waals surface area contributed by atoms with Gasteiger partial charge in [0.15, 0.2) is 0 Å². The number of hydrogen-bond donors (Lipinski definition) is 2. The smallest absolute Gasteiger partial charge is 0.352 e. The molecule has 0 aliphatic carbocycles. The summed E-state index contributed by atoms with van der Waals surface area (Å²) in [5.41, 5.74) is 0.217. The number of carbonyl (C=O) groups is 4. The lowest BCUT2D eigenvalue weighted by atomic mass is 10.0. The first kappa shape index (κ1) is 19.2. The van der Waals surface area contributed by atoms with Crippen LogP contribution in [0, 0.1) is 0 Å². The van der Waals surface area contributed by atoms with Crippen molar-refractivity contribution in [2.24, 2.45) is 7.05 Å². The molecule has 27 heavy (non-hydrogen) atoms. The molecule has 0 unspecified atom stereocenters. The van der Waals surface area contributed by atoms with E-state index in [0.717, 1.165) is 4.90 Å². The highest BCUT2D eigenvalue weighted by Gasteiger charge is 2.54. The summed E-state index contributed by atoms with van der Waals surface area (Å²) >= 11 is 7.21. The Balaban J connectivity index is 1.78. The Labute approximate surface area is 162 Å². The Hall–Kier alpha value is -2.53. The molecule has 10 nitrogen and oxygen atoms in total. The highest BCUT2D eigenvalue weighted by Crippen LogP contribution is 2.40. The van der Waals surface area contributed by atoms with E-state index in [2.05, 4.69) is 10.4 Å². The van der Waals surface area contributed by atoms with Crippen LogP contribution in [0.2, 0.25) is 5.02 Å². The molecule has 3 rings (SSSR count). The zero-order chi connectivity index (χ0) is 19.9. The molecule has 2 aliphatic heterocycles. The highest BCUT2D eigenvalue weighted by atomic mass is 35.5. The van der Waals surface area contributed by atoms with Crippen molar-refractivity contribution >= 4 is 47.1 Å². The predicted molar refractivity (Wildman–Crippen MR) is 93.9 cm³/mol. The molecule has 1 aromatic heterocycles. The molecule has 144 valence electrons. The van der Waals surface area contributed by atoms with Crippen molar-refractivity contribution in [3.05, 3.63) is 28.2 Å². The number of carboxylic acids is 1. The molecule has 1 saturated heterocycles. The van der Waals surface area contributed by atoms with E-state index in [0.29, 0.717) is 5.57 Å². The van der Waals surface area contributed by atoms with Gasteiger partial charge in [0.05, 0.1) is 11.2 Å². The van der Waals surface area contributed by atoms with Gasteiger partial charge in [-0.15, -0.1) is 11.8 Å². The molecule has 0 bridgehead atoms. The van der Waals surface area contributed by atoms with Gasteiger partial charge in [-0.1, -0.05) is 11.6 Å². The minimum Gasteiger partial charge on any atom is -0.477 e. The van der Waals surface area contributed by atoms with Crippen molar-refractivity contribution < 1.29 is 29.0 Å². The fraction of sp³-hybridized carbons (Fsp3) is 0.400. The first-order valence-electron chi connectivity index (χ1n) is 7.74. The van der Waals surface area contributed by atoms with E-state index in [-0.39, 0.29) is 28.8 Å². The van der Waals surface area contributed by atoms with Crippen molar-refractivity contribution in [1.82, 2.24) is 20.0 Å². The SMILES string of the molecule is CC(=O)OCC1=C(C(=O)O)N2C(=O)[C@H](NC(=O)c3c(Cl)cnn3C)[C@@H]2SC1. The van der Waals surface area contributed by atoms with E-state index in [4.69, 9.17) is 16.3 Å². The molecule has 0 aromatic carbocycles. The number of thioether (sulfide) groups is 1. The van der Waals surface area contributed by atoms with Gasteiger partial charge in [0.2, 0.25) is 0 Å². The molecular formula is C15H15ClN4O6S. The standard InChI is InChI=1S/C15H15ClN4O6S/c1-6(21)26-4-7-5-27-14-9(13(23)20(14)10(7)15(24)25)18-12(22)11-8(16)3-17-19(11)2/h3,9,14H,4-5H2,1-2H3,(H,18,22)(H,24,25)/t9-,14-/m0/s1. The summed E-state index contributed by atoms with van der Waals surface area (Å²) in [6.45, 7) is 1.01. The lowest BCUT2D eigenvalue weighted by molar-refractivity contribution is -0.149. The van der Waals surface area contributed by atoms with Crippen molar-refractivity contribution in [3.63, 3.8) is 0 Å². The van der Waals surface area contributed by atoms with Crippen LogP contribution in [-0.4, -0.2) is 67.3 Å². The van der Waals surface area contributed by atoms with E-state index >= 15 is 0 Å². The second kappa shape index (κ2) is 7.24. The number of fused-ring (bicyclic) bond motifs is 1. The van der Waals surface area contributed by atoms with Crippen LogP contribution in [0.25, 0.3) is 0 Å². The van der Waals surface area contributed by atoms with Crippen LogP contribution in [0.4, 0.5) is 0 Å². The van der Waals surface area contributed by atoms with Gasteiger partial charge < -0.3 is 15.2 Å². The second-order valence-electron chi connectivity index (χ2n) is 5.86. The Morgan fingerprint density at radius 1 is 1.48 bits per heavy atom. The lowest BCUT2D eigenvalue weighted by Gasteiger charge is -2.49. The van der Waals surface area contributed by atoms with Crippen molar-refractivity contribution in [1.29, 1.82) is 0 Å². The number of halogens is 1. The van der Waals surface area contributed by atoms with Crippen LogP contribution in [0.15, 0.2) is 17.5 Å². The zero-order valence-electron chi connectivity index (χ0n) is 14.3. The van der Waals surface area contributed by atoms with E-state index in [1.807, 2.05) is 0 Å². The van der Waals surface area contributed by atoms with Crippen molar-refractivity contribution in [3.8, 4) is 0 Å². The number of aromatic nitrogens is 2. The molecule has 2 N–H and O–H groups in total. The number of aryl methyl sites for hydroxylation is 1. The number of amides is 2. The zero-order valence-corrected chi connectivity index (χ0v) is 15.8. The van der Waals surface area contributed by atoms with Gasteiger partial charge in [0.25, 0.3) is 11.8 Å². The first-order valence-corrected chi connectivity index (χ1v) is 9.16. The number of β-lactam (4-membered cyclic amide) rings is 1. The molecule has 1 fully saturated rings. The second-order valence-corrected chi connectivity index (χ2v) is 7.38. The van der Waals surface area contributed by atoms with Gasteiger partial charge in [-0.3, -0.25) is 24.0 Å². The van der Waals surface area contributed by atoms with E-state index in [1.165, 1.54) is 36.6 Å². The third-order valence-electron chi connectivity index (χ3n) is 4.10. The van der Waals surface area contributed by atoms with Crippen LogP contribution in [-0.2, 0) is 26.2 Å². The summed E-state index contributed by atoms with van der Waals surface area (Å²) in [5, 5.41) is 15.5. The highest BCUT2D eigenvalue weighted by molar-refractivity contribution is 8.00. The summed E-state index contributed by atoms with van der Waals surface area (Å²) in [5.74, 6) is -2.73. The number of aliphatic carboxylic acids is 1. The van der Waals surface area contributed by atoms with Crippen LogP contribution in [0.1, 0.15) is 17.4 Å². The summed E-state index contributed by atoms with van der Waals surface area (Å²) in [6.07, 6.45) is 1.31. The van der Waals surface area contributed by atoms with Crippen LogP contribution < -0.4 is 5.32 Å². The van der Waals surface area contributed by atoms with Crippen LogP contribution in [0.3, 0.4) is 0 Å². The number of ether oxygens (including phenoxy) is 1. The predicted octanol–water partition coefficient (Wildman–Crippen LogP) is -0.0112. The normalized spacial score (nSPS) is 21.4. The molecular weight excluding hydrogens is 400 g/mol. The summed E-state index contributed by atoms with van der Waals surface area (Å²) in [6, 6.07) is -0.891. The summed E-state index contributed by atoms with van der Waals surface area (Å²) < 4.78 is 6.15. The largest absolute Gasteiger partial charge is 0.477 e. The van der Waals surface area contributed by atoms with Gasteiger partial charge in [0, 0.05) is 25.3 Å². The Morgan fingerprint density at radius 2 is 2.19 bits per heavy atom. The molecule has 2 aliphatic rings. The maximum absolute atomic E-state index is 12.5. The number of nitrogens with one attached hydrogen (secondary N) is 1. The van der Waals surface area contributed by atoms with E-state index in [1.54, 1.807) is 0 Å². The van der Waals surface area contributed by atoms with Crippen LogP contribution in [0.5, 0.6) is 0 Å². The quantitative estimate of drug-likeness (QED) is 0.508. The molecule has 2 amide bonds. The number of carbonyl (C=O) groups excluding carboxylic acids is 3. The summed E-state index contributed by atoms with van der Waals surface area (Å²) in [4.78, 5) is 48.6. The summed E-state index contributed by atoms with van der Waals surface area (Å²) in [7, 11) is 1.54. The number of esters is 1. The minimum atomic E-state index is -1.30. The van der Waals surface area contributed by atoms with Gasteiger partial charge in [-0.2, -0.15) is 5.10 Å². The molecule has 0 saturated carbocycles.